The lowest BCUT2D eigenvalue weighted by Crippen LogP contribution is -2.15. The van der Waals surface area contributed by atoms with Crippen molar-refractivity contribution in [2.24, 2.45) is 5.73 Å². The van der Waals surface area contributed by atoms with Crippen LogP contribution in [0.15, 0.2) is 23.1 Å². The average molecular weight is 246 g/mol. The van der Waals surface area contributed by atoms with Gasteiger partial charge in [0.2, 0.25) is 0 Å². The number of carboxylic acid groups (broad SMARTS) is 1. The van der Waals surface area contributed by atoms with Crippen molar-refractivity contribution >= 4 is 29.3 Å². The maximum absolute atomic E-state index is 10.5. The first kappa shape index (κ1) is 12.4. The second kappa shape index (κ2) is 5.39. The fourth-order valence-electron chi connectivity index (χ4n) is 1.29. The van der Waals surface area contributed by atoms with Crippen molar-refractivity contribution in [1.29, 1.82) is 0 Å². The van der Waals surface area contributed by atoms with E-state index in [1.807, 2.05) is 12.3 Å². The largest absolute Gasteiger partial charge is 0.481 e. The fourth-order valence-corrected chi connectivity index (χ4v) is 2.12. The van der Waals surface area contributed by atoms with Crippen molar-refractivity contribution in [1.82, 2.24) is 0 Å². The highest BCUT2D eigenvalue weighted by Crippen LogP contribution is 2.29. The van der Waals surface area contributed by atoms with Crippen molar-refractivity contribution in [2.45, 2.75) is 17.4 Å². The topological polar surface area (TPSA) is 63.3 Å². The van der Waals surface area contributed by atoms with Crippen LogP contribution in [0.5, 0.6) is 0 Å². The average Bonchev–Trinajstić information content (AvgIpc) is 2.16. The van der Waals surface area contributed by atoms with Gasteiger partial charge in [-0.1, -0.05) is 11.6 Å². The molecule has 1 aromatic rings. The lowest BCUT2D eigenvalue weighted by atomic mass is 10.1. The van der Waals surface area contributed by atoms with Gasteiger partial charge < -0.3 is 10.8 Å². The number of aliphatic carboxylic acids is 1. The summed E-state index contributed by atoms with van der Waals surface area (Å²) in [6.07, 6.45) is 1.83. The maximum atomic E-state index is 10.5. The van der Waals surface area contributed by atoms with E-state index in [9.17, 15) is 4.79 Å². The minimum Gasteiger partial charge on any atom is -0.481 e. The molecule has 82 valence electrons. The van der Waals surface area contributed by atoms with Crippen LogP contribution in [-0.2, 0) is 4.79 Å². The minimum absolute atomic E-state index is 0.0894. The summed E-state index contributed by atoms with van der Waals surface area (Å²) in [6, 6.07) is 4.83. The molecule has 1 aromatic carbocycles. The Balaban J connectivity index is 2.99. The van der Waals surface area contributed by atoms with E-state index in [0.29, 0.717) is 5.02 Å². The van der Waals surface area contributed by atoms with Crippen molar-refractivity contribution in [2.75, 3.05) is 6.26 Å². The Morgan fingerprint density at radius 3 is 2.87 bits per heavy atom. The van der Waals surface area contributed by atoms with Gasteiger partial charge >= 0.3 is 5.97 Å². The van der Waals surface area contributed by atoms with Crippen LogP contribution < -0.4 is 5.73 Å². The lowest BCUT2D eigenvalue weighted by Gasteiger charge is -2.13. The molecule has 0 bridgehead atoms. The van der Waals surface area contributed by atoms with Crippen molar-refractivity contribution < 1.29 is 9.90 Å². The van der Waals surface area contributed by atoms with Gasteiger partial charge in [0.05, 0.1) is 6.42 Å². The summed E-state index contributed by atoms with van der Waals surface area (Å²) in [7, 11) is 0. The monoisotopic (exact) mass is 245 g/mol. The Morgan fingerprint density at radius 1 is 1.67 bits per heavy atom. The normalized spacial score (nSPS) is 12.5. The molecule has 1 atom stereocenters. The number of hydrogen-bond donors (Lipinski definition) is 2. The number of carbonyl (C=O) groups is 1. The minimum atomic E-state index is -0.908. The molecule has 1 unspecified atom stereocenters. The van der Waals surface area contributed by atoms with Crippen LogP contribution in [0.25, 0.3) is 0 Å². The SMILES string of the molecule is CSc1ccc(Cl)cc1C(N)CC(=O)O. The molecular formula is C10H12ClNO2S. The molecule has 0 radical (unpaired) electrons. The van der Waals surface area contributed by atoms with Crippen molar-refractivity contribution in [3.8, 4) is 0 Å². The van der Waals surface area contributed by atoms with Crippen LogP contribution in [0.4, 0.5) is 0 Å². The quantitative estimate of drug-likeness (QED) is 0.801. The van der Waals surface area contributed by atoms with Gasteiger partial charge in [-0.2, -0.15) is 0 Å². The predicted molar refractivity (Wildman–Crippen MR) is 62.4 cm³/mol. The summed E-state index contributed by atoms with van der Waals surface area (Å²) >= 11 is 7.37. The molecule has 0 heterocycles. The Kier molecular flexibility index (Phi) is 4.45. The van der Waals surface area contributed by atoms with Crippen LogP contribution in [0.3, 0.4) is 0 Å². The maximum Gasteiger partial charge on any atom is 0.305 e. The molecule has 0 saturated carbocycles. The van der Waals surface area contributed by atoms with Gasteiger partial charge in [0.25, 0.3) is 0 Å². The second-order valence-corrected chi connectivity index (χ2v) is 4.38. The van der Waals surface area contributed by atoms with Gasteiger partial charge in [-0.25, -0.2) is 0 Å². The number of thioether (sulfide) groups is 1. The van der Waals surface area contributed by atoms with E-state index in [1.165, 1.54) is 11.8 Å². The number of carboxylic acids is 1. The van der Waals surface area contributed by atoms with Crippen LogP contribution in [0.2, 0.25) is 5.02 Å². The second-order valence-electron chi connectivity index (χ2n) is 3.09. The summed E-state index contributed by atoms with van der Waals surface area (Å²) in [4.78, 5) is 11.5. The van der Waals surface area contributed by atoms with E-state index in [4.69, 9.17) is 22.4 Å². The summed E-state index contributed by atoms with van der Waals surface area (Å²) in [5.41, 5.74) is 6.58. The first-order valence-corrected chi connectivity index (χ1v) is 5.95. The van der Waals surface area contributed by atoms with Crippen LogP contribution >= 0.6 is 23.4 Å². The molecule has 0 fully saturated rings. The van der Waals surface area contributed by atoms with Crippen molar-refractivity contribution in [3.05, 3.63) is 28.8 Å². The Hall–Kier alpha value is -0.710. The molecule has 0 spiro atoms. The highest BCUT2D eigenvalue weighted by atomic mass is 35.5. The fraction of sp³-hybridized carbons (Fsp3) is 0.300. The molecule has 3 nitrogen and oxygen atoms in total. The van der Waals surface area contributed by atoms with E-state index in [2.05, 4.69) is 0 Å². The van der Waals surface area contributed by atoms with E-state index in [0.717, 1.165) is 10.5 Å². The molecule has 0 aliphatic heterocycles. The van der Waals surface area contributed by atoms with Crippen LogP contribution in [0, 0.1) is 0 Å². The van der Waals surface area contributed by atoms with E-state index >= 15 is 0 Å². The Morgan fingerprint density at radius 2 is 2.33 bits per heavy atom. The molecule has 3 N–H and O–H groups in total. The summed E-state index contributed by atoms with van der Waals surface area (Å²) in [6.45, 7) is 0. The molecule has 0 aliphatic carbocycles. The number of benzene rings is 1. The lowest BCUT2D eigenvalue weighted by molar-refractivity contribution is -0.137. The molecule has 0 amide bonds. The Labute approximate surface area is 97.6 Å². The first-order valence-electron chi connectivity index (χ1n) is 4.35. The number of rotatable bonds is 4. The van der Waals surface area contributed by atoms with Gasteiger partial charge in [0, 0.05) is 16.0 Å². The Bertz CT molecular complexity index is 370. The van der Waals surface area contributed by atoms with Crippen LogP contribution in [-0.4, -0.2) is 17.3 Å². The molecule has 0 aromatic heterocycles. The smallest absolute Gasteiger partial charge is 0.305 e. The highest BCUT2D eigenvalue weighted by Gasteiger charge is 2.14. The molecule has 1 rings (SSSR count). The molecule has 5 heteroatoms. The van der Waals surface area contributed by atoms with Gasteiger partial charge in [0.15, 0.2) is 0 Å². The third-order valence-electron chi connectivity index (χ3n) is 1.99. The molecule has 0 aliphatic rings. The van der Waals surface area contributed by atoms with Gasteiger partial charge in [-0.15, -0.1) is 11.8 Å². The summed E-state index contributed by atoms with van der Waals surface area (Å²) < 4.78 is 0. The number of hydrogen-bond acceptors (Lipinski definition) is 3. The summed E-state index contributed by atoms with van der Waals surface area (Å²) in [5.74, 6) is -0.908. The van der Waals surface area contributed by atoms with Gasteiger partial charge in [-0.3, -0.25) is 4.79 Å². The molecule has 0 saturated heterocycles. The van der Waals surface area contributed by atoms with E-state index in [-0.39, 0.29) is 6.42 Å². The number of halogens is 1. The third-order valence-corrected chi connectivity index (χ3v) is 3.03. The van der Waals surface area contributed by atoms with Gasteiger partial charge in [0.1, 0.15) is 0 Å². The zero-order valence-corrected chi connectivity index (χ0v) is 9.81. The first-order chi connectivity index (χ1) is 7.04. The zero-order chi connectivity index (χ0) is 11.4. The van der Waals surface area contributed by atoms with E-state index < -0.39 is 12.0 Å². The standard InChI is InChI=1S/C10H12ClNO2S/c1-15-9-3-2-6(11)4-7(9)8(12)5-10(13)14/h2-4,8H,5,12H2,1H3,(H,13,14). The molecule has 15 heavy (non-hydrogen) atoms. The van der Waals surface area contributed by atoms with Gasteiger partial charge in [-0.05, 0) is 30.0 Å². The predicted octanol–water partition coefficient (Wildman–Crippen LogP) is 2.54. The van der Waals surface area contributed by atoms with E-state index in [1.54, 1.807) is 12.1 Å². The highest BCUT2D eigenvalue weighted by molar-refractivity contribution is 7.98. The zero-order valence-electron chi connectivity index (χ0n) is 8.24. The third kappa shape index (κ3) is 3.41. The number of nitrogens with two attached hydrogens (primary N) is 1. The molecular weight excluding hydrogens is 234 g/mol. The summed E-state index contributed by atoms with van der Waals surface area (Å²) in [5, 5.41) is 9.23. The van der Waals surface area contributed by atoms with Crippen molar-refractivity contribution in [3.63, 3.8) is 0 Å². The van der Waals surface area contributed by atoms with Crippen LogP contribution in [0.1, 0.15) is 18.0 Å².